The summed E-state index contributed by atoms with van der Waals surface area (Å²) in [6, 6.07) is 2.90. The Hall–Kier alpha value is -2.51. The molecule has 6 nitrogen and oxygen atoms in total. The van der Waals surface area contributed by atoms with Crippen LogP contribution in [-0.2, 0) is 4.79 Å². The van der Waals surface area contributed by atoms with Gasteiger partial charge >= 0.3 is 12.6 Å². The lowest BCUT2D eigenvalue weighted by Gasteiger charge is -2.07. The molecular weight excluding hydrogens is 252 g/mol. The van der Waals surface area contributed by atoms with Gasteiger partial charge in [0.15, 0.2) is 0 Å². The van der Waals surface area contributed by atoms with Gasteiger partial charge in [-0.3, -0.25) is 10.1 Å². The van der Waals surface area contributed by atoms with Crippen molar-refractivity contribution in [3.8, 4) is 5.75 Å². The van der Waals surface area contributed by atoms with Crippen molar-refractivity contribution < 1.29 is 28.3 Å². The number of nitro groups is 1. The smallest absolute Gasteiger partial charge is 0.387 e. The number of hydrogen-bond donors (Lipinski definition) is 1. The van der Waals surface area contributed by atoms with E-state index in [-0.39, 0.29) is 17.0 Å². The van der Waals surface area contributed by atoms with Crippen molar-refractivity contribution in [2.45, 2.75) is 6.61 Å². The largest absolute Gasteiger partial charge is 0.478 e. The minimum atomic E-state index is -3.11. The Bertz CT molecular complexity index is 501. The van der Waals surface area contributed by atoms with Crippen LogP contribution in [0.5, 0.6) is 5.75 Å². The molecule has 96 valence electrons. The predicted octanol–water partition coefficient (Wildman–Crippen LogP) is 2.29. The summed E-state index contributed by atoms with van der Waals surface area (Å²) in [5.41, 5.74) is -0.478. The molecule has 8 heteroatoms. The summed E-state index contributed by atoms with van der Waals surface area (Å²) in [5.74, 6) is -1.65. The average molecular weight is 259 g/mol. The van der Waals surface area contributed by atoms with Crippen LogP contribution in [0.15, 0.2) is 24.3 Å². The second-order valence-electron chi connectivity index (χ2n) is 3.03. The summed E-state index contributed by atoms with van der Waals surface area (Å²) in [6.45, 7) is -3.11. The number of ether oxygens (including phenoxy) is 1. The van der Waals surface area contributed by atoms with Crippen LogP contribution in [0.25, 0.3) is 6.08 Å². The molecule has 1 aromatic carbocycles. The number of carboxylic acids is 1. The van der Waals surface area contributed by atoms with E-state index < -0.39 is 17.5 Å². The Morgan fingerprint density at radius 1 is 1.50 bits per heavy atom. The zero-order valence-corrected chi connectivity index (χ0v) is 8.75. The van der Waals surface area contributed by atoms with Gasteiger partial charge in [0, 0.05) is 23.8 Å². The average Bonchev–Trinajstić information content (AvgIpc) is 2.26. The topological polar surface area (TPSA) is 89.7 Å². The quantitative estimate of drug-likeness (QED) is 0.497. The third-order valence-electron chi connectivity index (χ3n) is 1.83. The van der Waals surface area contributed by atoms with Crippen LogP contribution in [0.4, 0.5) is 14.5 Å². The van der Waals surface area contributed by atoms with Crippen LogP contribution >= 0.6 is 0 Å². The highest BCUT2D eigenvalue weighted by atomic mass is 19.3. The number of aliphatic carboxylic acids is 1. The van der Waals surface area contributed by atoms with Crippen LogP contribution in [0.1, 0.15) is 5.56 Å². The Morgan fingerprint density at radius 3 is 2.67 bits per heavy atom. The Kier molecular flexibility index (Phi) is 4.30. The monoisotopic (exact) mass is 259 g/mol. The Balaban J connectivity index is 3.17. The normalized spacial score (nSPS) is 10.8. The zero-order chi connectivity index (χ0) is 13.7. The van der Waals surface area contributed by atoms with E-state index in [1.807, 2.05) is 0 Å². The second kappa shape index (κ2) is 5.71. The van der Waals surface area contributed by atoms with E-state index in [2.05, 4.69) is 4.74 Å². The summed E-state index contributed by atoms with van der Waals surface area (Å²) in [5, 5.41) is 18.9. The van der Waals surface area contributed by atoms with E-state index in [0.717, 1.165) is 24.3 Å². The number of rotatable bonds is 5. The lowest BCUT2D eigenvalue weighted by atomic mass is 10.1. The lowest BCUT2D eigenvalue weighted by Crippen LogP contribution is -2.03. The summed E-state index contributed by atoms with van der Waals surface area (Å²) >= 11 is 0. The summed E-state index contributed by atoms with van der Waals surface area (Å²) in [6.07, 6.45) is 1.60. The maximum Gasteiger partial charge on any atom is 0.387 e. The van der Waals surface area contributed by atoms with Crippen LogP contribution < -0.4 is 4.74 Å². The maximum absolute atomic E-state index is 12.1. The van der Waals surface area contributed by atoms with E-state index in [4.69, 9.17) is 5.11 Å². The van der Waals surface area contributed by atoms with Gasteiger partial charge in [-0.2, -0.15) is 8.78 Å². The second-order valence-corrected chi connectivity index (χ2v) is 3.03. The molecule has 0 aliphatic heterocycles. The van der Waals surface area contributed by atoms with E-state index >= 15 is 0 Å². The highest BCUT2D eigenvalue weighted by Gasteiger charge is 2.13. The number of carboxylic acid groups (broad SMARTS) is 1. The van der Waals surface area contributed by atoms with Gasteiger partial charge in [0.05, 0.1) is 4.92 Å². The molecule has 1 aromatic rings. The van der Waals surface area contributed by atoms with E-state index in [0.29, 0.717) is 6.08 Å². The molecule has 1 N–H and O–H groups in total. The molecule has 18 heavy (non-hydrogen) atoms. The highest BCUT2D eigenvalue weighted by molar-refractivity contribution is 5.86. The molecule has 0 radical (unpaired) electrons. The van der Waals surface area contributed by atoms with Crippen LogP contribution in [-0.4, -0.2) is 22.6 Å². The number of halogens is 2. The fourth-order valence-corrected chi connectivity index (χ4v) is 1.14. The van der Waals surface area contributed by atoms with Crippen molar-refractivity contribution in [2.24, 2.45) is 0 Å². The van der Waals surface area contributed by atoms with Gasteiger partial charge in [0.25, 0.3) is 5.69 Å². The van der Waals surface area contributed by atoms with Crippen molar-refractivity contribution in [1.82, 2.24) is 0 Å². The van der Waals surface area contributed by atoms with Gasteiger partial charge in [-0.25, -0.2) is 4.79 Å². The number of non-ortho nitro benzene ring substituents is 1. The van der Waals surface area contributed by atoms with Gasteiger partial charge < -0.3 is 9.84 Å². The van der Waals surface area contributed by atoms with Crippen molar-refractivity contribution in [3.63, 3.8) is 0 Å². The molecule has 0 heterocycles. The fourth-order valence-electron chi connectivity index (χ4n) is 1.14. The highest BCUT2D eigenvalue weighted by Crippen LogP contribution is 2.26. The molecule has 0 spiro atoms. The van der Waals surface area contributed by atoms with E-state index in [1.165, 1.54) is 0 Å². The van der Waals surface area contributed by atoms with Crippen molar-refractivity contribution in [2.75, 3.05) is 0 Å². The number of nitro benzene ring substituents is 1. The molecule has 0 atom stereocenters. The Morgan fingerprint density at radius 2 is 2.17 bits per heavy atom. The van der Waals surface area contributed by atoms with Crippen molar-refractivity contribution in [1.29, 1.82) is 0 Å². The SMILES string of the molecule is O=C(O)/C=C/c1cc([N+](=O)[O-])ccc1OC(F)F. The first-order valence-electron chi connectivity index (χ1n) is 4.54. The number of alkyl halides is 2. The zero-order valence-electron chi connectivity index (χ0n) is 8.75. The van der Waals surface area contributed by atoms with E-state index in [1.54, 1.807) is 0 Å². The van der Waals surface area contributed by atoms with Gasteiger partial charge in [-0.15, -0.1) is 0 Å². The molecule has 0 bridgehead atoms. The minimum Gasteiger partial charge on any atom is -0.478 e. The summed E-state index contributed by atoms with van der Waals surface area (Å²) in [7, 11) is 0. The standard InChI is InChI=1S/C10H7F2NO5/c11-10(12)18-8-3-2-7(13(16)17)5-6(8)1-4-9(14)15/h1-5,10H,(H,14,15)/b4-1+. The first kappa shape index (κ1) is 13.6. The van der Waals surface area contributed by atoms with Crippen molar-refractivity contribution in [3.05, 3.63) is 40.0 Å². The molecule has 0 amide bonds. The minimum absolute atomic E-state index is 0.119. The van der Waals surface area contributed by atoms with Crippen LogP contribution in [0, 0.1) is 10.1 Å². The van der Waals surface area contributed by atoms with Crippen LogP contribution in [0.2, 0.25) is 0 Å². The third-order valence-corrected chi connectivity index (χ3v) is 1.83. The summed E-state index contributed by atoms with van der Waals surface area (Å²) < 4.78 is 28.2. The van der Waals surface area contributed by atoms with Gasteiger partial charge in [-0.1, -0.05) is 0 Å². The number of hydrogen-bond acceptors (Lipinski definition) is 4. The van der Waals surface area contributed by atoms with Gasteiger partial charge in [0.2, 0.25) is 0 Å². The molecular formula is C10H7F2NO5. The third kappa shape index (κ3) is 3.81. The first-order valence-corrected chi connectivity index (χ1v) is 4.54. The van der Waals surface area contributed by atoms with Gasteiger partial charge in [-0.05, 0) is 12.1 Å². The molecule has 0 aliphatic carbocycles. The number of benzene rings is 1. The van der Waals surface area contributed by atoms with Crippen molar-refractivity contribution >= 4 is 17.7 Å². The molecule has 0 aliphatic rings. The molecule has 0 saturated heterocycles. The molecule has 1 rings (SSSR count). The molecule has 0 aromatic heterocycles. The summed E-state index contributed by atoms with van der Waals surface area (Å²) in [4.78, 5) is 20.1. The molecule has 0 saturated carbocycles. The lowest BCUT2D eigenvalue weighted by molar-refractivity contribution is -0.384. The van der Waals surface area contributed by atoms with E-state index in [9.17, 15) is 23.7 Å². The number of carbonyl (C=O) groups is 1. The Labute approximate surface area is 99.3 Å². The maximum atomic E-state index is 12.1. The molecule has 0 fully saturated rings. The number of nitrogens with zero attached hydrogens (tertiary/aromatic N) is 1. The fraction of sp³-hybridized carbons (Fsp3) is 0.100. The first-order chi connectivity index (χ1) is 8.40. The predicted molar refractivity (Wildman–Crippen MR) is 56.4 cm³/mol. The van der Waals surface area contributed by atoms with Gasteiger partial charge in [0.1, 0.15) is 5.75 Å². The van der Waals surface area contributed by atoms with Crippen LogP contribution in [0.3, 0.4) is 0 Å². The molecule has 0 unspecified atom stereocenters.